The molecule has 21 heavy (non-hydrogen) atoms. The number of rotatable bonds is 4. The Bertz CT molecular complexity index is 733. The van der Waals surface area contributed by atoms with E-state index in [1.54, 1.807) is 0 Å². The van der Waals surface area contributed by atoms with E-state index in [-0.39, 0.29) is 6.61 Å². The molecule has 0 aliphatic heterocycles. The number of nitriles is 1. The first-order chi connectivity index (χ1) is 10.2. The van der Waals surface area contributed by atoms with Crippen LogP contribution in [-0.4, -0.2) is 6.61 Å². The summed E-state index contributed by atoms with van der Waals surface area (Å²) in [6, 6.07) is 17.3. The third-order valence-corrected chi connectivity index (χ3v) is 3.30. The van der Waals surface area contributed by atoms with Gasteiger partial charge in [-0.3, -0.25) is 0 Å². The van der Waals surface area contributed by atoms with Crippen LogP contribution in [0.3, 0.4) is 0 Å². The Morgan fingerprint density at radius 1 is 1.24 bits per heavy atom. The van der Waals surface area contributed by atoms with Gasteiger partial charge in [0.05, 0.1) is 11.6 Å². The fourth-order valence-corrected chi connectivity index (χ4v) is 2.06. The fourth-order valence-electron chi connectivity index (χ4n) is 1.80. The first-order valence-electron chi connectivity index (χ1n) is 6.27. The number of terminal acetylenes is 1. The van der Waals surface area contributed by atoms with Crippen LogP contribution in [0.25, 0.3) is 11.6 Å². The summed E-state index contributed by atoms with van der Waals surface area (Å²) in [5.41, 5.74) is 2.36. The van der Waals surface area contributed by atoms with Gasteiger partial charge in [0.25, 0.3) is 0 Å². The molecular formula is C18H12BrNO. The van der Waals surface area contributed by atoms with E-state index in [1.165, 1.54) is 0 Å². The zero-order valence-corrected chi connectivity index (χ0v) is 12.8. The summed E-state index contributed by atoms with van der Waals surface area (Å²) < 4.78 is 6.36. The second-order valence-electron chi connectivity index (χ2n) is 4.24. The molecule has 102 valence electrons. The third-order valence-electron chi connectivity index (χ3n) is 2.77. The standard InChI is InChI=1S/C18H12BrNO/c1-2-10-21-18-5-3-4-14(12-18)11-16(13-20)15-6-8-17(19)9-7-15/h1,3-9,11-12H,10H2/b16-11+. The molecule has 0 amide bonds. The van der Waals surface area contributed by atoms with Gasteiger partial charge in [-0.1, -0.05) is 46.1 Å². The Hall–Kier alpha value is -2.49. The molecule has 2 aromatic rings. The lowest BCUT2D eigenvalue weighted by molar-refractivity contribution is 0.370. The van der Waals surface area contributed by atoms with Crippen LogP contribution in [0.4, 0.5) is 0 Å². The van der Waals surface area contributed by atoms with Gasteiger partial charge in [-0.25, -0.2) is 0 Å². The summed E-state index contributed by atoms with van der Waals surface area (Å²) in [7, 11) is 0. The Kier molecular flexibility index (Phi) is 5.21. The van der Waals surface area contributed by atoms with Crippen molar-refractivity contribution in [2.24, 2.45) is 0 Å². The number of hydrogen-bond donors (Lipinski definition) is 0. The molecule has 0 saturated heterocycles. The number of hydrogen-bond acceptors (Lipinski definition) is 2. The van der Waals surface area contributed by atoms with E-state index in [4.69, 9.17) is 11.2 Å². The molecule has 0 saturated carbocycles. The predicted octanol–water partition coefficient (Wildman–Crippen LogP) is 4.53. The zero-order valence-electron chi connectivity index (χ0n) is 11.2. The Morgan fingerprint density at radius 2 is 2.00 bits per heavy atom. The maximum absolute atomic E-state index is 9.33. The molecule has 0 aliphatic carbocycles. The maximum Gasteiger partial charge on any atom is 0.148 e. The highest BCUT2D eigenvalue weighted by Crippen LogP contribution is 2.22. The van der Waals surface area contributed by atoms with Gasteiger partial charge in [-0.15, -0.1) is 6.42 Å². The largest absolute Gasteiger partial charge is 0.481 e. The van der Waals surface area contributed by atoms with Crippen molar-refractivity contribution in [3.05, 3.63) is 64.1 Å². The number of halogens is 1. The minimum absolute atomic E-state index is 0.227. The van der Waals surface area contributed by atoms with E-state index in [0.717, 1.165) is 15.6 Å². The van der Waals surface area contributed by atoms with E-state index in [2.05, 4.69) is 27.9 Å². The van der Waals surface area contributed by atoms with Crippen molar-refractivity contribution >= 4 is 27.6 Å². The molecule has 0 bridgehead atoms. The molecule has 0 spiro atoms. The molecular weight excluding hydrogens is 326 g/mol. The molecule has 0 unspecified atom stereocenters. The highest BCUT2D eigenvalue weighted by atomic mass is 79.9. The van der Waals surface area contributed by atoms with Crippen molar-refractivity contribution in [2.75, 3.05) is 6.61 Å². The summed E-state index contributed by atoms with van der Waals surface area (Å²) in [5, 5.41) is 9.33. The van der Waals surface area contributed by atoms with Crippen molar-refractivity contribution in [3.63, 3.8) is 0 Å². The topological polar surface area (TPSA) is 33.0 Å². The van der Waals surface area contributed by atoms with Gasteiger partial charge in [0.15, 0.2) is 0 Å². The van der Waals surface area contributed by atoms with E-state index in [0.29, 0.717) is 11.3 Å². The summed E-state index contributed by atoms with van der Waals surface area (Å²) in [5.74, 6) is 3.11. The molecule has 2 nitrogen and oxygen atoms in total. The maximum atomic E-state index is 9.33. The van der Waals surface area contributed by atoms with E-state index in [1.807, 2.05) is 54.6 Å². The van der Waals surface area contributed by atoms with Gasteiger partial charge in [-0.2, -0.15) is 5.26 Å². The molecule has 0 N–H and O–H groups in total. The minimum Gasteiger partial charge on any atom is -0.481 e. The van der Waals surface area contributed by atoms with Crippen molar-refractivity contribution in [2.45, 2.75) is 0 Å². The first kappa shape index (κ1) is 14.9. The lowest BCUT2D eigenvalue weighted by Crippen LogP contribution is -1.93. The van der Waals surface area contributed by atoms with Gasteiger partial charge in [0, 0.05) is 4.47 Å². The normalized spacial score (nSPS) is 10.5. The van der Waals surface area contributed by atoms with Crippen molar-refractivity contribution < 1.29 is 4.74 Å². The van der Waals surface area contributed by atoms with Crippen LogP contribution in [-0.2, 0) is 0 Å². The lowest BCUT2D eigenvalue weighted by atomic mass is 10.0. The SMILES string of the molecule is C#CCOc1cccc(/C=C(\C#N)c2ccc(Br)cc2)c1. The molecule has 2 aromatic carbocycles. The number of nitrogens with zero attached hydrogens (tertiary/aromatic N) is 1. The average molecular weight is 338 g/mol. The molecule has 2 rings (SSSR count). The fraction of sp³-hybridized carbons (Fsp3) is 0.0556. The van der Waals surface area contributed by atoms with Crippen LogP contribution >= 0.6 is 15.9 Å². The van der Waals surface area contributed by atoms with Crippen LogP contribution in [0.1, 0.15) is 11.1 Å². The molecule has 0 aliphatic rings. The second kappa shape index (κ2) is 7.33. The van der Waals surface area contributed by atoms with Gasteiger partial charge in [0.2, 0.25) is 0 Å². The Labute approximate surface area is 132 Å². The summed E-state index contributed by atoms with van der Waals surface area (Å²) in [4.78, 5) is 0. The number of allylic oxidation sites excluding steroid dienone is 1. The van der Waals surface area contributed by atoms with Gasteiger partial charge < -0.3 is 4.74 Å². The van der Waals surface area contributed by atoms with Crippen molar-refractivity contribution in [1.29, 1.82) is 5.26 Å². The van der Waals surface area contributed by atoms with E-state index < -0.39 is 0 Å². The average Bonchev–Trinajstić information content (AvgIpc) is 2.52. The van der Waals surface area contributed by atoms with E-state index >= 15 is 0 Å². The van der Waals surface area contributed by atoms with Gasteiger partial charge >= 0.3 is 0 Å². The molecule has 0 fully saturated rings. The van der Waals surface area contributed by atoms with Crippen molar-refractivity contribution in [1.82, 2.24) is 0 Å². The summed E-state index contributed by atoms with van der Waals surface area (Å²) in [6.45, 7) is 0.227. The van der Waals surface area contributed by atoms with Crippen LogP contribution in [0, 0.1) is 23.7 Å². The number of ether oxygens (including phenoxy) is 1. The molecule has 0 atom stereocenters. The van der Waals surface area contributed by atoms with Crippen LogP contribution in [0.15, 0.2) is 53.0 Å². The minimum atomic E-state index is 0.227. The Morgan fingerprint density at radius 3 is 2.67 bits per heavy atom. The molecule has 0 aromatic heterocycles. The highest BCUT2D eigenvalue weighted by molar-refractivity contribution is 9.10. The smallest absolute Gasteiger partial charge is 0.148 e. The first-order valence-corrected chi connectivity index (χ1v) is 7.06. The van der Waals surface area contributed by atoms with Crippen LogP contribution in [0.5, 0.6) is 5.75 Å². The predicted molar refractivity (Wildman–Crippen MR) is 88.4 cm³/mol. The van der Waals surface area contributed by atoms with E-state index in [9.17, 15) is 5.26 Å². The summed E-state index contributed by atoms with van der Waals surface area (Å²) >= 11 is 3.38. The van der Waals surface area contributed by atoms with Gasteiger partial charge in [-0.05, 0) is 41.5 Å². The van der Waals surface area contributed by atoms with Crippen molar-refractivity contribution in [3.8, 4) is 24.2 Å². The Balaban J connectivity index is 2.30. The summed E-state index contributed by atoms with van der Waals surface area (Å²) in [6.07, 6.45) is 7.00. The van der Waals surface area contributed by atoms with Crippen LogP contribution < -0.4 is 4.74 Å². The molecule has 3 heteroatoms. The number of benzene rings is 2. The lowest BCUT2D eigenvalue weighted by Gasteiger charge is -2.04. The molecule has 0 heterocycles. The monoisotopic (exact) mass is 337 g/mol. The second-order valence-corrected chi connectivity index (χ2v) is 5.16. The zero-order chi connectivity index (χ0) is 15.1. The van der Waals surface area contributed by atoms with Gasteiger partial charge in [0.1, 0.15) is 12.4 Å². The molecule has 0 radical (unpaired) electrons. The third kappa shape index (κ3) is 4.24. The van der Waals surface area contributed by atoms with Crippen LogP contribution in [0.2, 0.25) is 0 Å². The highest BCUT2D eigenvalue weighted by Gasteiger charge is 2.02. The quantitative estimate of drug-likeness (QED) is 0.466.